The van der Waals surface area contributed by atoms with Crippen molar-refractivity contribution < 1.29 is 9.90 Å². The number of halogens is 1. The van der Waals surface area contributed by atoms with Gasteiger partial charge in [0.2, 0.25) is 0 Å². The summed E-state index contributed by atoms with van der Waals surface area (Å²) in [6.45, 7) is 2.41. The van der Waals surface area contributed by atoms with Gasteiger partial charge in [0, 0.05) is 11.1 Å². The Balaban J connectivity index is 2.11. The molecular formula is C11H10ClN3O2S. The van der Waals surface area contributed by atoms with Gasteiger partial charge in [-0.25, -0.2) is 14.8 Å². The SMILES string of the molecule is Cc1csc(CNc2cc(C(=O)O)cc(Cl)n2)n1. The van der Waals surface area contributed by atoms with Crippen LogP contribution in [0.4, 0.5) is 5.82 Å². The molecule has 2 N–H and O–H groups in total. The largest absolute Gasteiger partial charge is 0.478 e. The second kappa shape index (κ2) is 5.32. The van der Waals surface area contributed by atoms with Crippen LogP contribution in [0.1, 0.15) is 21.1 Å². The van der Waals surface area contributed by atoms with Crippen molar-refractivity contribution in [2.75, 3.05) is 5.32 Å². The molecule has 0 unspecified atom stereocenters. The Morgan fingerprint density at radius 3 is 2.89 bits per heavy atom. The zero-order valence-corrected chi connectivity index (χ0v) is 11.0. The minimum atomic E-state index is -1.03. The van der Waals surface area contributed by atoms with Crippen molar-refractivity contribution in [1.82, 2.24) is 9.97 Å². The number of carboxylic acid groups (broad SMARTS) is 1. The van der Waals surface area contributed by atoms with Crippen LogP contribution in [0.15, 0.2) is 17.5 Å². The first-order valence-electron chi connectivity index (χ1n) is 5.10. The van der Waals surface area contributed by atoms with Crippen molar-refractivity contribution in [3.05, 3.63) is 38.9 Å². The fraction of sp³-hybridized carbons (Fsp3) is 0.182. The minimum Gasteiger partial charge on any atom is -0.478 e. The maximum atomic E-state index is 10.9. The molecule has 0 saturated heterocycles. The number of carboxylic acids is 1. The summed E-state index contributed by atoms with van der Waals surface area (Å²) < 4.78 is 0. The molecule has 0 aromatic carbocycles. The van der Waals surface area contributed by atoms with Gasteiger partial charge in [0.1, 0.15) is 16.0 Å². The third-order valence-corrected chi connectivity index (χ3v) is 3.29. The van der Waals surface area contributed by atoms with Gasteiger partial charge in [0.25, 0.3) is 0 Å². The van der Waals surface area contributed by atoms with E-state index in [-0.39, 0.29) is 10.7 Å². The number of nitrogens with zero attached hydrogens (tertiary/aromatic N) is 2. The van der Waals surface area contributed by atoms with Crippen LogP contribution >= 0.6 is 22.9 Å². The molecule has 0 aliphatic heterocycles. The normalized spacial score (nSPS) is 10.3. The van der Waals surface area contributed by atoms with Crippen molar-refractivity contribution in [3.8, 4) is 0 Å². The van der Waals surface area contributed by atoms with E-state index in [0.717, 1.165) is 10.7 Å². The summed E-state index contributed by atoms with van der Waals surface area (Å²) in [6, 6.07) is 2.75. The second-order valence-electron chi connectivity index (χ2n) is 3.61. The molecule has 7 heteroatoms. The van der Waals surface area contributed by atoms with Crippen LogP contribution in [-0.2, 0) is 6.54 Å². The Labute approximate surface area is 112 Å². The van der Waals surface area contributed by atoms with E-state index >= 15 is 0 Å². The van der Waals surface area contributed by atoms with Crippen molar-refractivity contribution in [3.63, 3.8) is 0 Å². The number of carbonyl (C=O) groups is 1. The molecular weight excluding hydrogens is 274 g/mol. The fourth-order valence-electron chi connectivity index (χ4n) is 1.36. The van der Waals surface area contributed by atoms with Crippen molar-refractivity contribution in [1.29, 1.82) is 0 Å². The third-order valence-electron chi connectivity index (χ3n) is 2.13. The standard InChI is InChI=1S/C11H10ClN3O2S/c1-6-5-18-10(14-6)4-13-9-3-7(11(16)17)2-8(12)15-9/h2-3,5H,4H2,1H3,(H,13,15)(H,16,17). The first-order chi connectivity index (χ1) is 8.54. The van der Waals surface area contributed by atoms with Crippen molar-refractivity contribution in [2.45, 2.75) is 13.5 Å². The number of hydrogen-bond donors (Lipinski definition) is 2. The Morgan fingerprint density at radius 1 is 1.50 bits per heavy atom. The molecule has 0 atom stereocenters. The minimum absolute atomic E-state index is 0.104. The van der Waals surface area contributed by atoms with Gasteiger partial charge in [0.15, 0.2) is 0 Å². The third kappa shape index (κ3) is 3.18. The van der Waals surface area contributed by atoms with Gasteiger partial charge in [-0.1, -0.05) is 11.6 Å². The number of hydrogen-bond acceptors (Lipinski definition) is 5. The predicted octanol–water partition coefficient (Wildman–Crippen LogP) is 2.81. The Morgan fingerprint density at radius 2 is 2.28 bits per heavy atom. The van der Waals surface area contributed by atoms with E-state index in [9.17, 15) is 4.79 Å². The Hall–Kier alpha value is -1.66. The van der Waals surface area contributed by atoms with Crippen LogP contribution in [0.25, 0.3) is 0 Å². The number of anilines is 1. The summed E-state index contributed by atoms with van der Waals surface area (Å²) in [5.41, 5.74) is 1.06. The van der Waals surface area contributed by atoms with Crippen LogP contribution in [0.2, 0.25) is 5.15 Å². The highest BCUT2D eigenvalue weighted by Gasteiger charge is 2.07. The number of aromatic carboxylic acids is 1. The molecule has 0 radical (unpaired) electrons. The van der Waals surface area contributed by atoms with E-state index in [2.05, 4.69) is 15.3 Å². The molecule has 94 valence electrons. The van der Waals surface area contributed by atoms with Crippen LogP contribution in [0, 0.1) is 6.92 Å². The number of pyridine rings is 1. The molecule has 2 rings (SSSR count). The predicted molar refractivity (Wildman–Crippen MR) is 70.4 cm³/mol. The van der Waals surface area contributed by atoms with Gasteiger partial charge in [-0.05, 0) is 19.1 Å². The summed E-state index contributed by atoms with van der Waals surface area (Å²) >= 11 is 7.29. The van der Waals surface area contributed by atoms with E-state index in [1.165, 1.54) is 23.5 Å². The fourth-order valence-corrected chi connectivity index (χ4v) is 2.28. The highest BCUT2D eigenvalue weighted by atomic mass is 35.5. The molecule has 0 aliphatic rings. The van der Waals surface area contributed by atoms with Crippen LogP contribution in [0.3, 0.4) is 0 Å². The molecule has 0 saturated carbocycles. The van der Waals surface area contributed by atoms with Gasteiger partial charge < -0.3 is 10.4 Å². The van der Waals surface area contributed by atoms with Crippen molar-refractivity contribution >= 4 is 34.7 Å². The zero-order valence-electron chi connectivity index (χ0n) is 9.48. The molecule has 0 amide bonds. The van der Waals surface area contributed by atoms with Crippen molar-refractivity contribution in [2.24, 2.45) is 0 Å². The molecule has 2 heterocycles. The summed E-state index contributed by atoms with van der Waals surface area (Å²) in [5, 5.41) is 14.9. The number of thiazole rings is 1. The number of aryl methyl sites for hydroxylation is 1. The highest BCUT2D eigenvalue weighted by molar-refractivity contribution is 7.09. The molecule has 0 fully saturated rings. The lowest BCUT2D eigenvalue weighted by molar-refractivity contribution is 0.0697. The van der Waals surface area contributed by atoms with E-state index < -0.39 is 5.97 Å². The Bertz CT molecular complexity index is 585. The molecule has 2 aromatic heterocycles. The quantitative estimate of drug-likeness (QED) is 0.844. The maximum absolute atomic E-state index is 10.9. The lowest BCUT2D eigenvalue weighted by Gasteiger charge is -2.05. The highest BCUT2D eigenvalue weighted by Crippen LogP contribution is 2.16. The average Bonchev–Trinajstić information content (AvgIpc) is 2.72. The monoisotopic (exact) mass is 283 g/mol. The first-order valence-corrected chi connectivity index (χ1v) is 6.36. The number of aromatic nitrogens is 2. The van der Waals surface area contributed by atoms with Gasteiger partial charge in [0.05, 0.1) is 12.1 Å². The summed E-state index contributed by atoms with van der Waals surface area (Å²) in [6.07, 6.45) is 0. The topological polar surface area (TPSA) is 75.1 Å². The molecule has 0 aliphatic carbocycles. The number of nitrogens with one attached hydrogen (secondary N) is 1. The Kier molecular flexibility index (Phi) is 3.78. The number of rotatable bonds is 4. The molecule has 0 spiro atoms. The molecule has 2 aromatic rings. The smallest absolute Gasteiger partial charge is 0.335 e. The zero-order chi connectivity index (χ0) is 13.1. The lowest BCUT2D eigenvalue weighted by Crippen LogP contribution is -2.04. The van der Waals surface area contributed by atoms with Crippen LogP contribution in [-0.4, -0.2) is 21.0 Å². The first kappa shape index (κ1) is 12.8. The van der Waals surface area contributed by atoms with E-state index in [0.29, 0.717) is 12.4 Å². The van der Waals surface area contributed by atoms with Gasteiger partial charge >= 0.3 is 5.97 Å². The molecule has 18 heavy (non-hydrogen) atoms. The second-order valence-corrected chi connectivity index (χ2v) is 4.94. The van der Waals surface area contributed by atoms with Gasteiger partial charge in [-0.15, -0.1) is 11.3 Å². The van der Waals surface area contributed by atoms with Gasteiger partial charge in [-0.3, -0.25) is 0 Å². The van der Waals surface area contributed by atoms with Gasteiger partial charge in [-0.2, -0.15) is 0 Å². The van der Waals surface area contributed by atoms with E-state index in [1.807, 2.05) is 12.3 Å². The lowest BCUT2D eigenvalue weighted by atomic mass is 10.2. The average molecular weight is 284 g/mol. The van der Waals surface area contributed by atoms with E-state index in [1.54, 1.807) is 0 Å². The van der Waals surface area contributed by atoms with Crippen LogP contribution < -0.4 is 5.32 Å². The molecule has 5 nitrogen and oxygen atoms in total. The van der Waals surface area contributed by atoms with Crippen LogP contribution in [0.5, 0.6) is 0 Å². The van der Waals surface area contributed by atoms with E-state index in [4.69, 9.17) is 16.7 Å². The summed E-state index contributed by atoms with van der Waals surface area (Å²) in [7, 11) is 0. The summed E-state index contributed by atoms with van der Waals surface area (Å²) in [4.78, 5) is 19.1. The maximum Gasteiger partial charge on any atom is 0.335 e. The summed E-state index contributed by atoms with van der Waals surface area (Å²) in [5.74, 6) is -0.611. The molecule has 0 bridgehead atoms.